The van der Waals surface area contributed by atoms with Crippen molar-refractivity contribution in [2.75, 3.05) is 11.4 Å². The van der Waals surface area contributed by atoms with Crippen LogP contribution < -0.4 is 4.90 Å². The molecule has 0 aliphatic carbocycles. The van der Waals surface area contributed by atoms with E-state index in [-0.39, 0.29) is 5.54 Å². The molecule has 0 aromatic carbocycles. The molecule has 0 atom stereocenters. The fraction of sp³-hybridized carbons (Fsp3) is 0.545. The number of anilines is 1. The zero-order valence-electron chi connectivity index (χ0n) is 8.63. The van der Waals surface area contributed by atoms with Crippen molar-refractivity contribution in [3.05, 3.63) is 24.1 Å². The van der Waals surface area contributed by atoms with Gasteiger partial charge in [0.15, 0.2) is 0 Å². The minimum absolute atomic E-state index is 0.112. The maximum Gasteiger partial charge on any atom is 0.214 e. The van der Waals surface area contributed by atoms with Gasteiger partial charge in [0.25, 0.3) is 0 Å². The second-order valence-corrected chi connectivity index (χ2v) is 4.39. The lowest BCUT2D eigenvalue weighted by molar-refractivity contribution is 0.508. The number of hydrogen-bond acceptors (Lipinski definition) is 2. The summed E-state index contributed by atoms with van der Waals surface area (Å²) in [4.78, 5) is 6.09. The molecule has 0 spiro atoms. The molecular formula is C11H15FN2. The van der Waals surface area contributed by atoms with E-state index in [1.807, 2.05) is 6.07 Å². The van der Waals surface area contributed by atoms with Crippen LogP contribution in [0.1, 0.15) is 26.7 Å². The Labute approximate surface area is 83.8 Å². The third-order valence-corrected chi connectivity index (χ3v) is 2.88. The second-order valence-electron chi connectivity index (χ2n) is 4.39. The molecule has 2 rings (SSSR count). The lowest BCUT2D eigenvalue weighted by atomic mass is 10.0. The molecule has 1 aromatic heterocycles. The van der Waals surface area contributed by atoms with Crippen molar-refractivity contribution in [1.29, 1.82) is 0 Å². The highest BCUT2D eigenvalue weighted by molar-refractivity contribution is 5.42. The van der Waals surface area contributed by atoms with Crippen LogP contribution in [-0.2, 0) is 0 Å². The quantitative estimate of drug-likeness (QED) is 0.639. The number of nitrogens with zero attached hydrogens (tertiary/aromatic N) is 2. The topological polar surface area (TPSA) is 16.1 Å². The molecule has 0 amide bonds. The summed E-state index contributed by atoms with van der Waals surface area (Å²) in [5.41, 5.74) is 0.112. The molecule has 0 saturated carbocycles. The average Bonchev–Trinajstić information content (AvgIpc) is 2.45. The summed E-state index contributed by atoms with van der Waals surface area (Å²) in [6.07, 6.45) is 2.30. The number of halogens is 1. The summed E-state index contributed by atoms with van der Waals surface area (Å²) >= 11 is 0. The van der Waals surface area contributed by atoms with Crippen molar-refractivity contribution < 1.29 is 4.39 Å². The van der Waals surface area contributed by atoms with Crippen LogP contribution in [0.25, 0.3) is 0 Å². The Kier molecular flexibility index (Phi) is 2.17. The minimum atomic E-state index is -0.398. The minimum Gasteiger partial charge on any atom is -0.351 e. The van der Waals surface area contributed by atoms with E-state index in [0.29, 0.717) is 0 Å². The van der Waals surface area contributed by atoms with E-state index in [9.17, 15) is 4.39 Å². The third-order valence-electron chi connectivity index (χ3n) is 2.88. The molecule has 1 aliphatic heterocycles. The van der Waals surface area contributed by atoms with Crippen LogP contribution in [0.15, 0.2) is 18.2 Å². The van der Waals surface area contributed by atoms with Crippen molar-refractivity contribution in [2.45, 2.75) is 32.2 Å². The van der Waals surface area contributed by atoms with E-state index >= 15 is 0 Å². The predicted molar refractivity (Wildman–Crippen MR) is 54.9 cm³/mol. The van der Waals surface area contributed by atoms with Crippen molar-refractivity contribution in [2.24, 2.45) is 0 Å². The van der Waals surface area contributed by atoms with Gasteiger partial charge in [-0.2, -0.15) is 4.39 Å². The van der Waals surface area contributed by atoms with E-state index in [2.05, 4.69) is 23.7 Å². The summed E-state index contributed by atoms with van der Waals surface area (Å²) in [5, 5.41) is 0. The first-order valence-corrected chi connectivity index (χ1v) is 5.00. The Hall–Kier alpha value is -1.12. The molecule has 76 valence electrons. The van der Waals surface area contributed by atoms with E-state index in [1.165, 1.54) is 6.07 Å². The van der Waals surface area contributed by atoms with Gasteiger partial charge in [-0.15, -0.1) is 0 Å². The van der Waals surface area contributed by atoms with Crippen molar-refractivity contribution in [3.8, 4) is 0 Å². The molecule has 1 aromatic rings. The predicted octanol–water partition coefficient (Wildman–Crippen LogP) is 2.60. The Bertz CT molecular complexity index is 336. The molecule has 0 unspecified atom stereocenters. The van der Waals surface area contributed by atoms with Crippen LogP contribution in [0.5, 0.6) is 0 Å². The standard InChI is InChI=1S/C11H15FN2/c1-11(2)7-4-8-14(11)10-6-3-5-9(12)13-10/h3,5-6H,4,7-8H2,1-2H3. The van der Waals surface area contributed by atoms with Crippen molar-refractivity contribution in [1.82, 2.24) is 4.98 Å². The van der Waals surface area contributed by atoms with Gasteiger partial charge in [0.05, 0.1) is 0 Å². The molecule has 2 nitrogen and oxygen atoms in total. The third kappa shape index (κ3) is 1.59. The first-order chi connectivity index (χ1) is 6.59. The van der Waals surface area contributed by atoms with Gasteiger partial charge in [-0.25, -0.2) is 4.98 Å². The molecule has 0 N–H and O–H groups in total. The number of aromatic nitrogens is 1. The zero-order valence-corrected chi connectivity index (χ0v) is 8.63. The first kappa shape index (κ1) is 9.44. The van der Waals surface area contributed by atoms with Gasteiger partial charge >= 0.3 is 0 Å². The molecular weight excluding hydrogens is 179 g/mol. The van der Waals surface area contributed by atoms with E-state index in [4.69, 9.17) is 0 Å². The SMILES string of the molecule is CC1(C)CCCN1c1cccc(F)n1. The first-order valence-electron chi connectivity index (χ1n) is 5.00. The van der Waals surface area contributed by atoms with Crippen LogP contribution in [0.4, 0.5) is 10.2 Å². The van der Waals surface area contributed by atoms with E-state index in [0.717, 1.165) is 25.2 Å². The van der Waals surface area contributed by atoms with E-state index < -0.39 is 5.95 Å². The van der Waals surface area contributed by atoms with Crippen LogP contribution in [0.2, 0.25) is 0 Å². The monoisotopic (exact) mass is 194 g/mol. The molecule has 3 heteroatoms. The van der Waals surface area contributed by atoms with Crippen molar-refractivity contribution in [3.63, 3.8) is 0 Å². The van der Waals surface area contributed by atoms with Crippen molar-refractivity contribution >= 4 is 5.82 Å². The molecule has 1 aliphatic rings. The van der Waals surface area contributed by atoms with Gasteiger partial charge in [0, 0.05) is 12.1 Å². The molecule has 2 heterocycles. The summed E-state index contributed by atoms with van der Waals surface area (Å²) in [5.74, 6) is 0.359. The van der Waals surface area contributed by atoms with Gasteiger partial charge in [-0.1, -0.05) is 6.07 Å². The lowest BCUT2D eigenvalue weighted by Crippen LogP contribution is -2.38. The van der Waals surface area contributed by atoms with Gasteiger partial charge in [0.1, 0.15) is 5.82 Å². The molecule has 1 fully saturated rings. The van der Waals surface area contributed by atoms with Crippen LogP contribution in [0.3, 0.4) is 0 Å². The highest BCUT2D eigenvalue weighted by Crippen LogP contribution is 2.32. The van der Waals surface area contributed by atoms with Gasteiger partial charge < -0.3 is 4.90 Å². The fourth-order valence-electron chi connectivity index (χ4n) is 2.08. The largest absolute Gasteiger partial charge is 0.351 e. The normalized spacial score (nSPS) is 20.1. The molecule has 14 heavy (non-hydrogen) atoms. The summed E-state index contributed by atoms with van der Waals surface area (Å²) in [6.45, 7) is 5.32. The molecule has 0 bridgehead atoms. The smallest absolute Gasteiger partial charge is 0.214 e. The summed E-state index contributed by atoms with van der Waals surface area (Å²) < 4.78 is 12.9. The molecule has 0 radical (unpaired) electrons. The lowest BCUT2D eigenvalue weighted by Gasteiger charge is -2.32. The Balaban J connectivity index is 2.31. The maximum atomic E-state index is 12.9. The van der Waals surface area contributed by atoms with Gasteiger partial charge in [-0.05, 0) is 38.8 Å². The highest BCUT2D eigenvalue weighted by Gasteiger charge is 2.32. The number of rotatable bonds is 1. The molecule has 1 saturated heterocycles. The second kappa shape index (κ2) is 3.23. The number of hydrogen-bond donors (Lipinski definition) is 0. The highest BCUT2D eigenvalue weighted by atomic mass is 19.1. The average molecular weight is 194 g/mol. The Morgan fingerprint density at radius 3 is 2.79 bits per heavy atom. The van der Waals surface area contributed by atoms with Gasteiger partial charge in [0.2, 0.25) is 5.95 Å². The number of pyridine rings is 1. The Morgan fingerprint density at radius 2 is 2.21 bits per heavy atom. The summed E-state index contributed by atoms with van der Waals surface area (Å²) in [6, 6.07) is 4.97. The van der Waals surface area contributed by atoms with Crippen LogP contribution in [-0.4, -0.2) is 17.1 Å². The van der Waals surface area contributed by atoms with Gasteiger partial charge in [-0.3, -0.25) is 0 Å². The maximum absolute atomic E-state index is 12.9. The zero-order chi connectivity index (χ0) is 10.2. The van der Waals surface area contributed by atoms with Crippen LogP contribution >= 0.6 is 0 Å². The Morgan fingerprint density at radius 1 is 1.43 bits per heavy atom. The van der Waals surface area contributed by atoms with Crippen LogP contribution in [0, 0.1) is 5.95 Å². The fourth-order valence-corrected chi connectivity index (χ4v) is 2.08. The van der Waals surface area contributed by atoms with E-state index in [1.54, 1.807) is 6.07 Å². The summed E-state index contributed by atoms with van der Waals surface area (Å²) in [7, 11) is 0.